The number of nitrogens with one attached hydrogen (secondary N) is 2. The summed E-state index contributed by atoms with van der Waals surface area (Å²) in [6.45, 7) is 0.323. The van der Waals surface area contributed by atoms with Crippen LogP contribution in [0.2, 0.25) is 0 Å². The molecule has 9 heteroatoms. The van der Waals surface area contributed by atoms with Crippen LogP contribution < -0.4 is 10.6 Å². The van der Waals surface area contributed by atoms with Crippen LogP contribution in [-0.4, -0.2) is 52.7 Å². The summed E-state index contributed by atoms with van der Waals surface area (Å²) in [5, 5.41) is 8.20. The Labute approximate surface area is 225 Å². The first kappa shape index (κ1) is 24.7. The Bertz CT molecular complexity index is 1230. The lowest BCUT2D eigenvalue weighted by Gasteiger charge is -2.34. The van der Waals surface area contributed by atoms with Crippen molar-refractivity contribution in [3.8, 4) is 0 Å². The summed E-state index contributed by atoms with van der Waals surface area (Å²) in [5.74, 6) is -2.07. The van der Waals surface area contributed by atoms with Crippen molar-refractivity contribution in [1.29, 1.82) is 0 Å². The van der Waals surface area contributed by atoms with Crippen LogP contribution in [0.1, 0.15) is 37.0 Å². The molecule has 6 rings (SSSR count). The Balaban J connectivity index is 1.31. The Kier molecular flexibility index (Phi) is 6.63. The lowest BCUT2D eigenvalue weighted by atomic mass is 9.74. The molecule has 1 aromatic heterocycles. The number of carbonyl (C=O) groups is 3. The molecule has 5 atom stereocenters. The average molecular weight is 538 g/mol. The van der Waals surface area contributed by atoms with Crippen LogP contribution in [0.4, 0.5) is 5.69 Å². The van der Waals surface area contributed by atoms with Gasteiger partial charge in [-0.1, -0.05) is 43.5 Å². The molecule has 4 heterocycles. The van der Waals surface area contributed by atoms with Crippen molar-refractivity contribution in [1.82, 2.24) is 10.2 Å². The number of carbonyl (C=O) groups excluding carboxylic acids is 3. The van der Waals surface area contributed by atoms with Crippen LogP contribution in [0, 0.1) is 11.8 Å². The molecule has 4 aliphatic rings. The SMILES string of the molecule is CSc1cccc(NC(=O)[C@H]2[C@H]3C=C[C@@]4(O3)[C@H]2C(=O)N(Cc2cccs2)[C@@H]4C(=O)NC2CCCCC2)c1. The van der Waals surface area contributed by atoms with E-state index < -0.39 is 29.6 Å². The minimum Gasteiger partial charge on any atom is -0.359 e. The molecule has 3 amide bonds. The average Bonchev–Trinajstić information content (AvgIpc) is 3.68. The van der Waals surface area contributed by atoms with Gasteiger partial charge < -0.3 is 20.3 Å². The summed E-state index contributed by atoms with van der Waals surface area (Å²) in [6.07, 6.45) is 10.5. The number of anilines is 1. The maximum Gasteiger partial charge on any atom is 0.246 e. The quantitative estimate of drug-likeness (QED) is 0.408. The molecule has 37 heavy (non-hydrogen) atoms. The van der Waals surface area contributed by atoms with Crippen molar-refractivity contribution in [3.63, 3.8) is 0 Å². The van der Waals surface area contributed by atoms with E-state index in [1.54, 1.807) is 28.0 Å². The van der Waals surface area contributed by atoms with Crippen molar-refractivity contribution in [3.05, 3.63) is 58.8 Å². The monoisotopic (exact) mass is 537 g/mol. The number of ether oxygens (including phenoxy) is 1. The van der Waals surface area contributed by atoms with Crippen molar-refractivity contribution < 1.29 is 19.1 Å². The fourth-order valence-corrected chi connectivity index (χ4v) is 7.62. The van der Waals surface area contributed by atoms with Crippen molar-refractivity contribution in [2.75, 3.05) is 11.6 Å². The number of hydrogen-bond donors (Lipinski definition) is 2. The van der Waals surface area contributed by atoms with E-state index in [4.69, 9.17) is 4.74 Å². The molecule has 1 saturated carbocycles. The van der Waals surface area contributed by atoms with Gasteiger partial charge in [0.1, 0.15) is 11.6 Å². The molecule has 0 unspecified atom stereocenters. The second-order valence-corrected chi connectivity index (χ2v) is 12.2. The standard InChI is InChI=1S/C28H31N3O4S2/c1-36-19-10-5-9-18(15-19)30-25(32)22-21-12-13-28(35-21)23(22)27(34)31(16-20-11-6-14-37-20)24(28)26(33)29-17-7-3-2-4-8-17/h5-6,9-15,17,21-24H,2-4,7-8,16H2,1H3,(H,29,33)(H,30,32)/t21-,22+,23-,24-,28-/m1/s1. The zero-order valence-corrected chi connectivity index (χ0v) is 22.4. The van der Waals surface area contributed by atoms with Gasteiger partial charge in [-0.05, 0) is 48.7 Å². The minimum atomic E-state index is -1.14. The van der Waals surface area contributed by atoms with Crippen LogP contribution >= 0.6 is 23.1 Å². The van der Waals surface area contributed by atoms with Gasteiger partial charge in [0.05, 0.1) is 24.5 Å². The molecule has 3 fully saturated rings. The zero-order valence-electron chi connectivity index (χ0n) is 20.7. The zero-order chi connectivity index (χ0) is 25.6. The Morgan fingerprint density at radius 2 is 2.00 bits per heavy atom. The van der Waals surface area contributed by atoms with Crippen LogP contribution in [0.5, 0.6) is 0 Å². The predicted octanol–water partition coefficient (Wildman–Crippen LogP) is 4.21. The van der Waals surface area contributed by atoms with Gasteiger partial charge in [0.2, 0.25) is 17.7 Å². The van der Waals surface area contributed by atoms with Gasteiger partial charge in [-0.25, -0.2) is 0 Å². The molecule has 1 aromatic carbocycles. The summed E-state index contributed by atoms with van der Waals surface area (Å²) in [6, 6.07) is 10.9. The first-order valence-electron chi connectivity index (χ1n) is 13.0. The first-order chi connectivity index (χ1) is 18.0. The molecular formula is C28H31N3O4S2. The third-order valence-corrected chi connectivity index (χ3v) is 9.71. The van der Waals surface area contributed by atoms with Gasteiger partial charge >= 0.3 is 0 Å². The third kappa shape index (κ3) is 4.30. The Hall–Kier alpha value is -2.62. The van der Waals surface area contributed by atoms with Crippen LogP contribution in [-0.2, 0) is 25.7 Å². The van der Waals surface area contributed by atoms with Gasteiger partial charge in [-0.15, -0.1) is 23.1 Å². The molecule has 194 valence electrons. The van der Waals surface area contributed by atoms with E-state index in [1.165, 1.54) is 6.42 Å². The number of benzene rings is 1. The number of thioether (sulfide) groups is 1. The van der Waals surface area contributed by atoms with Crippen molar-refractivity contribution >= 4 is 46.5 Å². The van der Waals surface area contributed by atoms with Crippen molar-refractivity contribution in [2.45, 2.75) is 67.3 Å². The van der Waals surface area contributed by atoms with Crippen LogP contribution in [0.15, 0.2) is 58.8 Å². The number of hydrogen-bond acceptors (Lipinski definition) is 6. The molecule has 0 radical (unpaired) electrons. The van der Waals surface area contributed by atoms with Gasteiger partial charge in [-0.2, -0.15) is 0 Å². The van der Waals surface area contributed by atoms with Gasteiger partial charge in [0, 0.05) is 21.5 Å². The highest BCUT2D eigenvalue weighted by molar-refractivity contribution is 7.98. The summed E-state index contributed by atoms with van der Waals surface area (Å²) in [4.78, 5) is 45.2. The fraction of sp³-hybridized carbons (Fsp3) is 0.464. The number of amides is 3. The summed E-state index contributed by atoms with van der Waals surface area (Å²) in [5.41, 5.74) is -0.453. The molecule has 1 aliphatic carbocycles. The first-order valence-corrected chi connectivity index (χ1v) is 15.1. The van der Waals surface area contributed by atoms with E-state index in [0.29, 0.717) is 12.2 Å². The molecule has 1 spiro atoms. The normalized spacial score (nSPS) is 30.5. The van der Waals surface area contributed by atoms with E-state index in [9.17, 15) is 14.4 Å². The molecule has 2 bridgehead atoms. The lowest BCUT2D eigenvalue weighted by Crippen LogP contribution is -2.56. The van der Waals surface area contributed by atoms with E-state index in [1.807, 2.05) is 60.2 Å². The fourth-order valence-electron chi connectivity index (χ4n) is 6.46. The largest absolute Gasteiger partial charge is 0.359 e. The molecule has 2 N–H and O–H groups in total. The van der Waals surface area contributed by atoms with E-state index >= 15 is 0 Å². The number of thiophene rings is 1. The maximum atomic E-state index is 14.0. The van der Waals surface area contributed by atoms with Gasteiger partial charge in [0.25, 0.3) is 0 Å². The third-order valence-electron chi connectivity index (χ3n) is 8.12. The molecule has 2 saturated heterocycles. The molecular weight excluding hydrogens is 506 g/mol. The minimum absolute atomic E-state index is 0.112. The van der Waals surface area contributed by atoms with Gasteiger partial charge in [-0.3, -0.25) is 14.4 Å². The smallest absolute Gasteiger partial charge is 0.246 e. The highest BCUT2D eigenvalue weighted by Gasteiger charge is 2.72. The highest BCUT2D eigenvalue weighted by atomic mass is 32.2. The second kappa shape index (κ2) is 9.93. The van der Waals surface area contributed by atoms with E-state index in [0.717, 1.165) is 35.5 Å². The second-order valence-electron chi connectivity index (χ2n) is 10.3. The number of fused-ring (bicyclic) bond motifs is 1. The lowest BCUT2D eigenvalue weighted by molar-refractivity contribution is -0.142. The Morgan fingerprint density at radius 1 is 1.16 bits per heavy atom. The highest BCUT2D eigenvalue weighted by Crippen LogP contribution is 2.55. The maximum absolute atomic E-state index is 14.0. The van der Waals surface area contributed by atoms with E-state index in [2.05, 4.69) is 10.6 Å². The van der Waals surface area contributed by atoms with E-state index in [-0.39, 0.29) is 23.8 Å². The van der Waals surface area contributed by atoms with Crippen LogP contribution in [0.25, 0.3) is 0 Å². The van der Waals surface area contributed by atoms with Crippen LogP contribution in [0.3, 0.4) is 0 Å². The number of likely N-dealkylation sites (tertiary alicyclic amines) is 1. The molecule has 3 aliphatic heterocycles. The summed E-state index contributed by atoms with van der Waals surface area (Å²) >= 11 is 3.15. The topological polar surface area (TPSA) is 87.7 Å². The predicted molar refractivity (Wildman–Crippen MR) is 144 cm³/mol. The molecule has 7 nitrogen and oxygen atoms in total. The van der Waals surface area contributed by atoms with Crippen molar-refractivity contribution in [2.24, 2.45) is 11.8 Å². The number of rotatable bonds is 7. The summed E-state index contributed by atoms with van der Waals surface area (Å²) < 4.78 is 6.45. The summed E-state index contributed by atoms with van der Waals surface area (Å²) in [7, 11) is 0. The molecule has 2 aromatic rings. The Morgan fingerprint density at radius 3 is 2.76 bits per heavy atom. The van der Waals surface area contributed by atoms with Gasteiger partial charge in [0.15, 0.2) is 0 Å². The number of nitrogens with zero attached hydrogens (tertiary/aromatic N) is 1.